The molecular formula is C24H19N3O2. The summed E-state index contributed by atoms with van der Waals surface area (Å²) in [5.41, 5.74) is 3.11. The maximum absolute atomic E-state index is 10.9. The first-order valence-electron chi connectivity index (χ1n) is 9.23. The van der Waals surface area contributed by atoms with Crippen molar-refractivity contribution in [3.63, 3.8) is 0 Å². The van der Waals surface area contributed by atoms with E-state index in [1.54, 1.807) is 24.7 Å². The molecule has 0 amide bonds. The molecule has 1 unspecified atom stereocenters. The van der Waals surface area contributed by atoms with Gasteiger partial charge in [0.05, 0.1) is 29.9 Å². The van der Waals surface area contributed by atoms with Crippen LogP contribution in [0.5, 0.6) is 11.5 Å². The highest BCUT2D eigenvalue weighted by Crippen LogP contribution is 2.26. The van der Waals surface area contributed by atoms with E-state index in [0.29, 0.717) is 23.6 Å². The fourth-order valence-electron chi connectivity index (χ4n) is 3.09. The van der Waals surface area contributed by atoms with Crippen LogP contribution in [-0.2, 0) is 6.54 Å². The number of rotatable bonds is 6. The quantitative estimate of drug-likeness (QED) is 0.526. The van der Waals surface area contributed by atoms with Crippen LogP contribution in [0.1, 0.15) is 28.5 Å². The summed E-state index contributed by atoms with van der Waals surface area (Å²) in [5, 5.41) is 19.8. The third-order valence-corrected chi connectivity index (χ3v) is 4.64. The van der Waals surface area contributed by atoms with E-state index in [-0.39, 0.29) is 0 Å². The van der Waals surface area contributed by atoms with Gasteiger partial charge < -0.3 is 14.4 Å². The predicted octanol–water partition coefficient (Wildman–Crippen LogP) is 4.68. The summed E-state index contributed by atoms with van der Waals surface area (Å²) in [4.78, 5) is 4.20. The molecule has 1 N–H and O–H groups in total. The molecule has 0 aliphatic rings. The smallest absolute Gasteiger partial charge is 0.127 e. The van der Waals surface area contributed by atoms with Crippen LogP contribution >= 0.6 is 0 Å². The molecule has 142 valence electrons. The first-order chi connectivity index (χ1) is 14.2. The molecule has 0 saturated carbocycles. The summed E-state index contributed by atoms with van der Waals surface area (Å²) in [6.07, 6.45) is 2.56. The largest absolute Gasteiger partial charge is 0.457 e. The van der Waals surface area contributed by atoms with Gasteiger partial charge in [-0.2, -0.15) is 5.26 Å². The molecule has 4 aromatic rings. The number of benzene rings is 3. The van der Waals surface area contributed by atoms with Crippen LogP contribution in [0.25, 0.3) is 0 Å². The zero-order valence-electron chi connectivity index (χ0n) is 15.6. The van der Waals surface area contributed by atoms with E-state index in [2.05, 4.69) is 11.1 Å². The van der Waals surface area contributed by atoms with Crippen molar-refractivity contribution in [1.82, 2.24) is 9.55 Å². The van der Waals surface area contributed by atoms with E-state index in [0.717, 1.165) is 16.9 Å². The van der Waals surface area contributed by atoms with Crippen molar-refractivity contribution in [2.45, 2.75) is 12.6 Å². The van der Waals surface area contributed by atoms with Gasteiger partial charge in [0, 0.05) is 6.54 Å². The van der Waals surface area contributed by atoms with Crippen molar-refractivity contribution in [3.05, 3.63) is 114 Å². The normalized spacial score (nSPS) is 11.6. The number of ether oxygens (including phenoxy) is 1. The first-order valence-corrected chi connectivity index (χ1v) is 9.23. The predicted molar refractivity (Wildman–Crippen MR) is 110 cm³/mol. The zero-order valence-corrected chi connectivity index (χ0v) is 15.6. The molecule has 0 fully saturated rings. The second kappa shape index (κ2) is 8.42. The average molecular weight is 381 g/mol. The molecule has 1 aromatic heterocycles. The highest BCUT2D eigenvalue weighted by Gasteiger charge is 2.16. The summed E-state index contributed by atoms with van der Waals surface area (Å²) in [6, 6.07) is 26.4. The van der Waals surface area contributed by atoms with Gasteiger partial charge >= 0.3 is 0 Å². The van der Waals surface area contributed by atoms with Crippen molar-refractivity contribution in [1.29, 1.82) is 5.26 Å². The van der Waals surface area contributed by atoms with Gasteiger partial charge in [-0.3, -0.25) is 0 Å². The number of hydrogen-bond acceptors (Lipinski definition) is 4. The Bertz CT molecular complexity index is 1110. The molecule has 5 heteroatoms. The molecule has 0 saturated heterocycles. The molecule has 3 aromatic carbocycles. The molecule has 0 spiro atoms. The Morgan fingerprint density at radius 2 is 1.62 bits per heavy atom. The average Bonchev–Trinajstić information content (AvgIpc) is 3.23. The lowest BCUT2D eigenvalue weighted by molar-refractivity contribution is 0.210. The van der Waals surface area contributed by atoms with Gasteiger partial charge in [-0.15, -0.1) is 0 Å². The van der Waals surface area contributed by atoms with Gasteiger partial charge in [-0.1, -0.05) is 42.5 Å². The number of hydrogen-bond donors (Lipinski definition) is 1. The molecule has 0 aliphatic heterocycles. The van der Waals surface area contributed by atoms with E-state index in [1.807, 2.05) is 71.3 Å². The number of para-hydroxylation sites is 1. The molecule has 4 rings (SSSR count). The number of aliphatic hydroxyl groups excluding tert-OH is 1. The summed E-state index contributed by atoms with van der Waals surface area (Å²) in [5.74, 6) is 1.47. The fraction of sp³-hybridized carbons (Fsp3) is 0.0833. The molecular weight excluding hydrogens is 362 g/mol. The van der Waals surface area contributed by atoms with Crippen molar-refractivity contribution in [3.8, 4) is 17.6 Å². The zero-order chi connectivity index (χ0) is 20.1. The van der Waals surface area contributed by atoms with Crippen LogP contribution in [0.15, 0.2) is 91.4 Å². The molecule has 0 bridgehead atoms. The van der Waals surface area contributed by atoms with Gasteiger partial charge in [0.1, 0.15) is 17.6 Å². The Hall–Kier alpha value is -3.88. The van der Waals surface area contributed by atoms with Crippen LogP contribution in [0.3, 0.4) is 0 Å². The van der Waals surface area contributed by atoms with Crippen LogP contribution in [0.4, 0.5) is 0 Å². The van der Waals surface area contributed by atoms with E-state index >= 15 is 0 Å². The van der Waals surface area contributed by atoms with Crippen LogP contribution in [0.2, 0.25) is 0 Å². The van der Waals surface area contributed by atoms with Gasteiger partial charge in [-0.05, 0) is 47.5 Å². The van der Waals surface area contributed by atoms with Crippen LogP contribution in [-0.4, -0.2) is 14.7 Å². The second-order valence-electron chi connectivity index (χ2n) is 6.64. The van der Waals surface area contributed by atoms with Crippen molar-refractivity contribution >= 4 is 0 Å². The monoisotopic (exact) mass is 381 g/mol. The lowest BCUT2D eigenvalue weighted by Crippen LogP contribution is -2.09. The Balaban J connectivity index is 1.49. The van der Waals surface area contributed by atoms with Crippen molar-refractivity contribution in [2.75, 3.05) is 0 Å². The minimum absolute atomic E-state index is 0.563. The topological polar surface area (TPSA) is 71.1 Å². The minimum atomic E-state index is -0.804. The fourth-order valence-corrected chi connectivity index (χ4v) is 3.09. The molecule has 5 nitrogen and oxygen atoms in total. The summed E-state index contributed by atoms with van der Waals surface area (Å²) in [7, 11) is 0. The lowest BCUT2D eigenvalue weighted by Gasteiger charge is -2.15. The molecule has 0 aliphatic carbocycles. The number of imidazole rings is 1. The van der Waals surface area contributed by atoms with Gasteiger partial charge in [0.15, 0.2) is 0 Å². The summed E-state index contributed by atoms with van der Waals surface area (Å²) >= 11 is 0. The van der Waals surface area contributed by atoms with Crippen molar-refractivity contribution in [2.24, 2.45) is 0 Å². The van der Waals surface area contributed by atoms with E-state index in [1.165, 1.54) is 0 Å². The van der Waals surface area contributed by atoms with Crippen LogP contribution in [0, 0.1) is 11.3 Å². The number of aliphatic hydroxyl groups is 1. The molecule has 1 atom stereocenters. The van der Waals surface area contributed by atoms with E-state index < -0.39 is 6.10 Å². The third kappa shape index (κ3) is 4.34. The number of nitrogens with zero attached hydrogens (tertiary/aromatic N) is 3. The van der Waals surface area contributed by atoms with Gasteiger partial charge in [0.2, 0.25) is 0 Å². The Kier molecular flexibility index (Phi) is 5.37. The van der Waals surface area contributed by atoms with E-state index in [9.17, 15) is 5.11 Å². The summed E-state index contributed by atoms with van der Waals surface area (Å²) < 4.78 is 7.71. The highest BCUT2D eigenvalue weighted by molar-refractivity contribution is 5.36. The maximum atomic E-state index is 10.9. The molecule has 1 heterocycles. The number of nitriles is 1. The standard InChI is InChI=1S/C24H19N3O2/c25-14-18-6-8-19(9-7-18)16-27-17-26-15-23(27)24(28)20-10-12-22(13-11-20)29-21-4-2-1-3-5-21/h1-13,15,17,24,28H,16H2. The molecule has 29 heavy (non-hydrogen) atoms. The SMILES string of the molecule is N#Cc1ccc(Cn2cncc2C(O)c2ccc(Oc3ccccc3)cc2)cc1. The van der Waals surface area contributed by atoms with Gasteiger partial charge in [0.25, 0.3) is 0 Å². The lowest BCUT2D eigenvalue weighted by atomic mass is 10.1. The Morgan fingerprint density at radius 1 is 0.931 bits per heavy atom. The minimum Gasteiger partial charge on any atom is -0.457 e. The molecule has 0 radical (unpaired) electrons. The van der Waals surface area contributed by atoms with Crippen LogP contribution < -0.4 is 4.74 Å². The summed E-state index contributed by atoms with van der Waals surface area (Å²) in [6.45, 7) is 0.563. The number of aromatic nitrogens is 2. The van der Waals surface area contributed by atoms with Crippen molar-refractivity contribution < 1.29 is 9.84 Å². The second-order valence-corrected chi connectivity index (χ2v) is 6.64. The van der Waals surface area contributed by atoms with E-state index in [4.69, 9.17) is 10.00 Å². The first kappa shape index (κ1) is 18.5. The Labute approximate surface area is 169 Å². The highest BCUT2D eigenvalue weighted by atomic mass is 16.5. The maximum Gasteiger partial charge on any atom is 0.127 e. The van der Waals surface area contributed by atoms with Gasteiger partial charge in [-0.25, -0.2) is 4.98 Å². The third-order valence-electron chi connectivity index (χ3n) is 4.64. The Morgan fingerprint density at radius 3 is 2.31 bits per heavy atom.